The van der Waals surface area contributed by atoms with Crippen LogP contribution >= 0.6 is 11.8 Å². The Labute approximate surface area is 94.3 Å². The molecular weight excluding hydrogens is 204 g/mol. The number of hydrogen-bond acceptors (Lipinski definition) is 3. The van der Waals surface area contributed by atoms with Gasteiger partial charge in [-0.1, -0.05) is 30.0 Å². The Kier molecular flexibility index (Phi) is 3.59. The molecule has 2 nitrogen and oxygen atoms in total. The summed E-state index contributed by atoms with van der Waals surface area (Å²) in [5.74, 6) is 0. The van der Waals surface area contributed by atoms with E-state index in [1.807, 2.05) is 12.3 Å². The molecule has 0 radical (unpaired) electrons. The van der Waals surface area contributed by atoms with Crippen LogP contribution < -0.4 is 5.73 Å². The first-order valence-corrected chi connectivity index (χ1v) is 5.89. The minimum absolute atomic E-state index is 0.627. The molecule has 2 heterocycles. The Balaban J connectivity index is 2.23. The summed E-state index contributed by atoms with van der Waals surface area (Å²) in [5, 5.41) is 0. The monoisotopic (exact) mass is 218 g/mol. The number of rotatable bonds is 2. The van der Waals surface area contributed by atoms with E-state index in [0.717, 1.165) is 12.8 Å². The number of pyridine rings is 1. The summed E-state index contributed by atoms with van der Waals surface area (Å²) in [4.78, 5) is 6.66. The molecular formula is C12H14N2S. The minimum Gasteiger partial charge on any atom is -0.326 e. The van der Waals surface area contributed by atoms with E-state index in [-0.39, 0.29) is 0 Å². The Morgan fingerprint density at radius 2 is 2.20 bits per heavy atom. The van der Waals surface area contributed by atoms with Gasteiger partial charge in [-0.2, -0.15) is 0 Å². The third kappa shape index (κ3) is 2.70. The molecule has 0 atom stereocenters. The summed E-state index contributed by atoms with van der Waals surface area (Å²) in [5.41, 5.74) is 6.87. The molecule has 0 spiro atoms. The molecule has 0 aromatic carbocycles. The number of nitrogens with zero attached hydrogens (tertiary/aromatic N) is 1. The van der Waals surface area contributed by atoms with Gasteiger partial charge in [-0.3, -0.25) is 4.98 Å². The predicted octanol–water partition coefficient (Wildman–Crippen LogP) is 2.79. The zero-order valence-electron chi connectivity index (χ0n) is 8.52. The molecule has 0 fully saturated rings. The highest BCUT2D eigenvalue weighted by Gasteiger charge is 2.07. The maximum atomic E-state index is 5.68. The molecule has 1 aliphatic heterocycles. The predicted molar refractivity (Wildman–Crippen MR) is 66.2 cm³/mol. The van der Waals surface area contributed by atoms with E-state index < -0.39 is 0 Å². The lowest BCUT2D eigenvalue weighted by molar-refractivity contribution is 1.04. The lowest BCUT2D eigenvalue weighted by Crippen LogP contribution is -1.99. The summed E-state index contributed by atoms with van der Waals surface area (Å²) in [7, 11) is 0. The van der Waals surface area contributed by atoms with E-state index in [1.165, 1.54) is 15.4 Å². The van der Waals surface area contributed by atoms with E-state index in [4.69, 9.17) is 5.73 Å². The van der Waals surface area contributed by atoms with Crippen LogP contribution in [0.3, 0.4) is 0 Å². The van der Waals surface area contributed by atoms with Gasteiger partial charge >= 0.3 is 0 Å². The maximum Gasteiger partial charge on any atom is 0.0351 e. The Bertz CT molecular complexity index is 382. The van der Waals surface area contributed by atoms with E-state index in [0.29, 0.717) is 6.54 Å². The lowest BCUT2D eigenvalue weighted by Gasteiger charge is -2.06. The van der Waals surface area contributed by atoms with E-state index in [2.05, 4.69) is 23.2 Å². The van der Waals surface area contributed by atoms with Crippen molar-refractivity contribution in [1.82, 2.24) is 4.98 Å². The first kappa shape index (κ1) is 10.5. The molecule has 78 valence electrons. The van der Waals surface area contributed by atoms with Crippen molar-refractivity contribution < 1.29 is 0 Å². The number of thioether (sulfide) groups is 1. The molecule has 1 aliphatic rings. The van der Waals surface area contributed by atoms with Crippen LogP contribution in [0.15, 0.2) is 41.6 Å². The molecule has 0 bridgehead atoms. The van der Waals surface area contributed by atoms with Crippen molar-refractivity contribution >= 4 is 16.7 Å². The van der Waals surface area contributed by atoms with Crippen molar-refractivity contribution in [2.24, 2.45) is 5.73 Å². The van der Waals surface area contributed by atoms with Crippen molar-refractivity contribution in [3.8, 4) is 0 Å². The van der Waals surface area contributed by atoms with Crippen LogP contribution in [-0.2, 0) is 0 Å². The van der Waals surface area contributed by atoms with Crippen molar-refractivity contribution in [3.63, 3.8) is 0 Å². The summed E-state index contributed by atoms with van der Waals surface area (Å²) in [6, 6.07) is 4.05. The minimum atomic E-state index is 0.627. The molecule has 0 saturated carbocycles. The second-order valence-electron chi connectivity index (χ2n) is 3.36. The highest BCUT2D eigenvalue weighted by atomic mass is 32.2. The van der Waals surface area contributed by atoms with Gasteiger partial charge in [-0.05, 0) is 23.8 Å². The normalized spacial score (nSPS) is 16.6. The summed E-state index contributed by atoms with van der Waals surface area (Å²) >= 11 is 1.76. The van der Waals surface area contributed by atoms with E-state index in [9.17, 15) is 0 Å². The summed E-state index contributed by atoms with van der Waals surface area (Å²) < 4.78 is 0. The largest absolute Gasteiger partial charge is 0.326 e. The van der Waals surface area contributed by atoms with Crippen LogP contribution in [0.1, 0.15) is 18.4 Å². The second-order valence-corrected chi connectivity index (χ2v) is 4.53. The third-order valence-corrected chi connectivity index (χ3v) is 3.47. The fraction of sp³-hybridized carbons (Fsp3) is 0.250. The van der Waals surface area contributed by atoms with E-state index >= 15 is 0 Å². The number of allylic oxidation sites excluding steroid dienone is 2. The second kappa shape index (κ2) is 5.14. The molecule has 0 saturated heterocycles. The maximum absolute atomic E-state index is 5.68. The van der Waals surface area contributed by atoms with Crippen molar-refractivity contribution in [2.45, 2.75) is 12.8 Å². The zero-order valence-corrected chi connectivity index (χ0v) is 9.33. The van der Waals surface area contributed by atoms with Gasteiger partial charge in [0.25, 0.3) is 0 Å². The topological polar surface area (TPSA) is 38.9 Å². The Morgan fingerprint density at radius 1 is 1.33 bits per heavy atom. The van der Waals surface area contributed by atoms with Gasteiger partial charge < -0.3 is 5.73 Å². The van der Waals surface area contributed by atoms with Crippen LogP contribution in [0.5, 0.6) is 0 Å². The lowest BCUT2D eigenvalue weighted by atomic mass is 10.2. The molecule has 0 amide bonds. The van der Waals surface area contributed by atoms with Crippen molar-refractivity contribution in [3.05, 3.63) is 47.1 Å². The number of aromatic nitrogens is 1. The van der Waals surface area contributed by atoms with Crippen molar-refractivity contribution in [2.75, 3.05) is 6.54 Å². The summed E-state index contributed by atoms with van der Waals surface area (Å²) in [6.45, 7) is 0.627. The van der Waals surface area contributed by atoms with E-state index in [1.54, 1.807) is 18.0 Å². The molecule has 0 aliphatic carbocycles. The SMILES string of the molecule is NCC1=CCCC=C(c2cccnc2)S1. The van der Waals surface area contributed by atoms with Crippen LogP contribution in [0.25, 0.3) is 4.91 Å². The standard InChI is InChI=1S/C12H14N2S/c13-8-11-5-1-2-6-12(15-11)10-4-3-7-14-9-10/h3-7,9H,1-2,8,13H2. The number of nitrogens with two attached hydrogens (primary N) is 1. The van der Waals surface area contributed by atoms with Gasteiger partial charge in [0.05, 0.1) is 0 Å². The number of hydrogen-bond donors (Lipinski definition) is 1. The van der Waals surface area contributed by atoms with Gasteiger partial charge in [-0.15, -0.1) is 0 Å². The van der Waals surface area contributed by atoms with Crippen molar-refractivity contribution in [1.29, 1.82) is 0 Å². The smallest absolute Gasteiger partial charge is 0.0351 e. The van der Waals surface area contributed by atoms with Crippen LogP contribution in [0.4, 0.5) is 0 Å². The van der Waals surface area contributed by atoms with Crippen LogP contribution in [0, 0.1) is 0 Å². The molecule has 2 rings (SSSR count). The molecule has 2 N–H and O–H groups in total. The zero-order chi connectivity index (χ0) is 10.5. The van der Waals surface area contributed by atoms with Crippen LogP contribution in [-0.4, -0.2) is 11.5 Å². The molecule has 0 unspecified atom stereocenters. The average Bonchev–Trinajstić information content (AvgIpc) is 2.55. The van der Waals surface area contributed by atoms with Crippen LogP contribution in [0.2, 0.25) is 0 Å². The quantitative estimate of drug-likeness (QED) is 0.829. The van der Waals surface area contributed by atoms with Gasteiger partial charge in [0.2, 0.25) is 0 Å². The Morgan fingerprint density at radius 3 is 2.93 bits per heavy atom. The molecule has 15 heavy (non-hydrogen) atoms. The first-order valence-electron chi connectivity index (χ1n) is 5.07. The third-order valence-electron chi connectivity index (χ3n) is 2.26. The fourth-order valence-electron chi connectivity index (χ4n) is 1.49. The highest BCUT2D eigenvalue weighted by Crippen LogP contribution is 2.35. The highest BCUT2D eigenvalue weighted by molar-refractivity contribution is 8.11. The molecule has 1 aromatic heterocycles. The first-order chi connectivity index (χ1) is 7.40. The Hall–Kier alpha value is -1.06. The summed E-state index contributed by atoms with van der Waals surface area (Å²) in [6.07, 6.45) is 10.4. The molecule has 3 heteroatoms. The van der Waals surface area contributed by atoms with Gasteiger partial charge in [0.1, 0.15) is 0 Å². The average molecular weight is 218 g/mol. The van der Waals surface area contributed by atoms with Gasteiger partial charge in [0, 0.05) is 29.4 Å². The van der Waals surface area contributed by atoms with Gasteiger partial charge in [-0.25, -0.2) is 0 Å². The molecule has 1 aromatic rings. The fourth-order valence-corrected chi connectivity index (χ4v) is 2.50. The van der Waals surface area contributed by atoms with Gasteiger partial charge in [0.15, 0.2) is 0 Å².